The molecule has 0 radical (unpaired) electrons. The van der Waals surface area contributed by atoms with Gasteiger partial charge in [0.15, 0.2) is 15.6 Å². The van der Waals surface area contributed by atoms with Gasteiger partial charge in [-0.1, -0.05) is 0 Å². The molecule has 15 heavy (non-hydrogen) atoms. The van der Waals surface area contributed by atoms with Gasteiger partial charge in [-0.05, 0) is 12.1 Å². The van der Waals surface area contributed by atoms with E-state index >= 15 is 0 Å². The van der Waals surface area contributed by atoms with Gasteiger partial charge >= 0.3 is 0 Å². The van der Waals surface area contributed by atoms with Crippen LogP contribution >= 0.6 is 0 Å². The van der Waals surface area contributed by atoms with E-state index in [0.29, 0.717) is 6.07 Å². The summed E-state index contributed by atoms with van der Waals surface area (Å²) >= 11 is 0. The van der Waals surface area contributed by atoms with Crippen LogP contribution in [-0.4, -0.2) is 26.2 Å². The number of carbonyl (C=O) groups excluding carboxylic acids is 1. The monoisotopic (exact) mass is 234 g/mol. The van der Waals surface area contributed by atoms with Crippen molar-refractivity contribution in [3.05, 3.63) is 35.4 Å². The van der Waals surface area contributed by atoms with Crippen LogP contribution in [0.25, 0.3) is 0 Å². The van der Waals surface area contributed by atoms with Crippen LogP contribution in [0.5, 0.6) is 0 Å². The molecule has 0 amide bonds. The summed E-state index contributed by atoms with van der Waals surface area (Å²) < 4.78 is 47.1. The Labute approximate surface area is 85.6 Å². The maximum absolute atomic E-state index is 13.0. The molecule has 0 spiro atoms. The molecule has 0 fully saturated rings. The number of benzene rings is 1. The molecule has 0 N–H and O–H groups in total. The fourth-order valence-electron chi connectivity index (χ4n) is 1.03. The van der Waals surface area contributed by atoms with Crippen molar-refractivity contribution in [2.45, 2.75) is 0 Å². The van der Waals surface area contributed by atoms with Crippen LogP contribution in [0.4, 0.5) is 8.78 Å². The molecular weight excluding hydrogens is 226 g/mol. The summed E-state index contributed by atoms with van der Waals surface area (Å²) in [5.41, 5.74) is -0.415. The van der Waals surface area contributed by atoms with E-state index in [4.69, 9.17) is 0 Å². The zero-order valence-electron chi connectivity index (χ0n) is 7.83. The van der Waals surface area contributed by atoms with E-state index in [2.05, 4.69) is 0 Å². The molecule has 0 heterocycles. The van der Waals surface area contributed by atoms with Gasteiger partial charge in [-0.2, -0.15) is 0 Å². The van der Waals surface area contributed by atoms with Crippen molar-refractivity contribution in [2.75, 3.05) is 12.0 Å². The lowest BCUT2D eigenvalue weighted by Gasteiger charge is -2.01. The summed E-state index contributed by atoms with van der Waals surface area (Å²) in [4.78, 5) is 11.3. The van der Waals surface area contributed by atoms with Crippen LogP contribution in [0.2, 0.25) is 0 Å². The SMILES string of the molecule is CS(=O)(=O)CC(=O)c1ccc(F)cc1F. The van der Waals surface area contributed by atoms with Crippen LogP contribution in [0.15, 0.2) is 18.2 Å². The zero-order chi connectivity index (χ0) is 11.6. The molecular formula is C9H8F2O3S. The molecule has 0 saturated carbocycles. The minimum Gasteiger partial charge on any atom is -0.293 e. The average molecular weight is 234 g/mol. The van der Waals surface area contributed by atoms with Gasteiger partial charge in [0.05, 0.1) is 5.56 Å². The maximum atomic E-state index is 13.0. The standard InChI is InChI=1S/C9H8F2O3S/c1-15(13,14)5-9(12)7-3-2-6(10)4-8(7)11/h2-4H,5H2,1H3. The lowest BCUT2D eigenvalue weighted by molar-refractivity contribution is 0.101. The van der Waals surface area contributed by atoms with Crippen LogP contribution in [0, 0.1) is 11.6 Å². The highest BCUT2D eigenvalue weighted by Crippen LogP contribution is 2.10. The first-order valence-corrected chi connectivity index (χ1v) is 6.01. The van der Waals surface area contributed by atoms with Gasteiger partial charge in [-0.15, -0.1) is 0 Å². The van der Waals surface area contributed by atoms with E-state index in [1.165, 1.54) is 0 Å². The van der Waals surface area contributed by atoms with Gasteiger partial charge in [-0.3, -0.25) is 4.79 Å². The highest BCUT2D eigenvalue weighted by atomic mass is 32.2. The Morgan fingerprint density at radius 2 is 1.93 bits per heavy atom. The molecule has 0 aliphatic carbocycles. The van der Waals surface area contributed by atoms with Crippen molar-refractivity contribution in [1.29, 1.82) is 0 Å². The molecule has 1 aromatic carbocycles. The molecule has 0 atom stereocenters. The molecule has 0 unspecified atom stereocenters. The number of hydrogen-bond donors (Lipinski definition) is 0. The Morgan fingerprint density at radius 1 is 1.33 bits per heavy atom. The van der Waals surface area contributed by atoms with Crippen molar-refractivity contribution in [1.82, 2.24) is 0 Å². The second-order valence-electron chi connectivity index (χ2n) is 3.12. The number of carbonyl (C=O) groups is 1. The Bertz CT molecular complexity index is 494. The summed E-state index contributed by atoms with van der Waals surface area (Å²) in [7, 11) is -3.51. The van der Waals surface area contributed by atoms with Crippen molar-refractivity contribution >= 4 is 15.6 Å². The van der Waals surface area contributed by atoms with E-state index in [9.17, 15) is 22.0 Å². The Kier molecular flexibility index (Phi) is 3.18. The molecule has 1 aromatic rings. The molecule has 3 nitrogen and oxygen atoms in total. The number of halogens is 2. The largest absolute Gasteiger partial charge is 0.293 e. The quantitative estimate of drug-likeness (QED) is 0.738. The first kappa shape index (κ1) is 11.8. The van der Waals surface area contributed by atoms with Gasteiger partial charge in [0.1, 0.15) is 17.4 Å². The normalized spacial score (nSPS) is 11.4. The summed E-state index contributed by atoms with van der Waals surface area (Å²) in [6, 6.07) is 2.37. The number of sulfone groups is 1. The smallest absolute Gasteiger partial charge is 0.180 e. The van der Waals surface area contributed by atoms with Crippen LogP contribution in [0.3, 0.4) is 0 Å². The first-order valence-electron chi connectivity index (χ1n) is 3.95. The summed E-state index contributed by atoms with van der Waals surface area (Å²) in [5, 5.41) is 0. The van der Waals surface area contributed by atoms with Gasteiger partial charge < -0.3 is 0 Å². The lowest BCUT2D eigenvalue weighted by Crippen LogP contribution is -2.15. The lowest BCUT2D eigenvalue weighted by atomic mass is 10.1. The highest BCUT2D eigenvalue weighted by molar-refractivity contribution is 7.91. The summed E-state index contributed by atoms with van der Waals surface area (Å²) in [6.07, 6.45) is 0.867. The topological polar surface area (TPSA) is 51.2 Å². The third kappa shape index (κ3) is 3.39. The third-order valence-corrected chi connectivity index (χ3v) is 2.41. The Morgan fingerprint density at radius 3 is 2.40 bits per heavy atom. The maximum Gasteiger partial charge on any atom is 0.180 e. The molecule has 6 heteroatoms. The molecule has 0 bridgehead atoms. The van der Waals surface area contributed by atoms with E-state index in [1.54, 1.807) is 0 Å². The van der Waals surface area contributed by atoms with Crippen LogP contribution < -0.4 is 0 Å². The first-order chi connectivity index (χ1) is 6.79. The van der Waals surface area contributed by atoms with Crippen molar-refractivity contribution in [2.24, 2.45) is 0 Å². The van der Waals surface area contributed by atoms with E-state index < -0.39 is 38.6 Å². The van der Waals surface area contributed by atoms with Gasteiger partial charge in [0.25, 0.3) is 0 Å². The summed E-state index contributed by atoms with van der Waals surface area (Å²) in [6.45, 7) is 0. The van der Waals surface area contributed by atoms with Crippen molar-refractivity contribution < 1.29 is 22.0 Å². The van der Waals surface area contributed by atoms with Gasteiger partial charge in [-0.25, -0.2) is 17.2 Å². The number of ketones is 1. The number of hydrogen-bond acceptors (Lipinski definition) is 3. The van der Waals surface area contributed by atoms with E-state index in [-0.39, 0.29) is 0 Å². The molecule has 0 aliphatic rings. The molecule has 82 valence electrons. The average Bonchev–Trinajstić information content (AvgIpc) is 1.99. The molecule has 0 aliphatic heterocycles. The molecule has 0 aromatic heterocycles. The van der Waals surface area contributed by atoms with Crippen molar-refractivity contribution in [3.8, 4) is 0 Å². The van der Waals surface area contributed by atoms with Gasteiger partial charge in [0, 0.05) is 12.3 Å². The van der Waals surface area contributed by atoms with Crippen LogP contribution in [-0.2, 0) is 9.84 Å². The van der Waals surface area contributed by atoms with Crippen LogP contribution in [0.1, 0.15) is 10.4 Å². The number of rotatable bonds is 3. The predicted molar refractivity (Wildman–Crippen MR) is 50.4 cm³/mol. The molecule has 0 saturated heterocycles. The fourth-order valence-corrected chi connectivity index (χ4v) is 1.66. The third-order valence-electron chi connectivity index (χ3n) is 1.62. The van der Waals surface area contributed by atoms with Crippen molar-refractivity contribution in [3.63, 3.8) is 0 Å². The minimum absolute atomic E-state index is 0.415. The fraction of sp³-hybridized carbons (Fsp3) is 0.222. The predicted octanol–water partition coefficient (Wildman–Crippen LogP) is 1.19. The second kappa shape index (κ2) is 4.06. The minimum atomic E-state index is -3.51. The molecule has 1 rings (SSSR count). The zero-order valence-corrected chi connectivity index (χ0v) is 8.64. The number of Topliss-reactive ketones (excluding diaryl/α,β-unsaturated/α-hetero) is 1. The Hall–Kier alpha value is -1.30. The van der Waals surface area contributed by atoms with E-state index in [1.807, 2.05) is 0 Å². The second-order valence-corrected chi connectivity index (χ2v) is 5.26. The Balaban J connectivity index is 3.02. The van der Waals surface area contributed by atoms with E-state index in [0.717, 1.165) is 18.4 Å². The highest BCUT2D eigenvalue weighted by Gasteiger charge is 2.17. The summed E-state index contributed by atoms with van der Waals surface area (Å²) in [5.74, 6) is -3.53. The van der Waals surface area contributed by atoms with Gasteiger partial charge in [0.2, 0.25) is 0 Å².